The quantitative estimate of drug-likeness (QED) is 0.669. The van der Waals surface area contributed by atoms with Crippen molar-refractivity contribution >= 4 is 9.84 Å². The molecule has 0 N–H and O–H groups in total. The summed E-state index contributed by atoms with van der Waals surface area (Å²) in [7, 11) is -3.25. The monoisotopic (exact) mass is 200 g/mol. The number of rotatable bonds is 4. The van der Waals surface area contributed by atoms with Crippen LogP contribution < -0.4 is 0 Å². The number of nitrogens with zero attached hydrogens (tertiary/aromatic N) is 2. The number of nitriles is 2. The molecule has 0 radical (unpaired) electrons. The summed E-state index contributed by atoms with van der Waals surface area (Å²) in [6.45, 7) is 3.10. The van der Waals surface area contributed by atoms with Gasteiger partial charge in [0.1, 0.15) is 0 Å². The summed E-state index contributed by atoms with van der Waals surface area (Å²) < 4.78 is 22.5. The third-order valence-corrected chi connectivity index (χ3v) is 3.46. The minimum atomic E-state index is -3.25. The summed E-state index contributed by atoms with van der Waals surface area (Å²) in [5.41, 5.74) is 0. The molecule has 0 heterocycles. The van der Waals surface area contributed by atoms with Gasteiger partial charge in [-0.2, -0.15) is 10.5 Å². The van der Waals surface area contributed by atoms with Crippen molar-refractivity contribution in [1.82, 2.24) is 0 Å². The predicted molar refractivity (Wildman–Crippen MR) is 48.2 cm³/mol. The molecule has 2 atom stereocenters. The fourth-order valence-corrected chi connectivity index (χ4v) is 2.71. The molecule has 0 fully saturated rings. The van der Waals surface area contributed by atoms with Crippen molar-refractivity contribution in [3.63, 3.8) is 0 Å². The number of hydrogen-bond acceptors (Lipinski definition) is 4. The molecule has 0 aromatic carbocycles. The van der Waals surface area contributed by atoms with E-state index in [4.69, 9.17) is 10.5 Å². The van der Waals surface area contributed by atoms with Crippen LogP contribution in [-0.4, -0.2) is 19.9 Å². The molecule has 0 saturated carbocycles. The largest absolute Gasteiger partial charge is 0.229 e. The van der Waals surface area contributed by atoms with Gasteiger partial charge in [-0.15, -0.1) is 0 Å². The molecule has 0 saturated heterocycles. The van der Waals surface area contributed by atoms with Crippen molar-refractivity contribution in [3.8, 4) is 12.1 Å². The highest BCUT2D eigenvalue weighted by Crippen LogP contribution is 2.05. The standard InChI is InChI=1S/C8H12N2O2S/c1-7(3-9)5-13(11,12)6-8(2)4-10/h7-8H,5-6H2,1-2H3. The van der Waals surface area contributed by atoms with Crippen LogP contribution in [0.15, 0.2) is 0 Å². The van der Waals surface area contributed by atoms with E-state index in [9.17, 15) is 8.42 Å². The summed E-state index contributed by atoms with van der Waals surface area (Å²) in [5, 5.41) is 16.8. The Morgan fingerprint density at radius 1 is 1.08 bits per heavy atom. The molecular weight excluding hydrogens is 188 g/mol. The molecule has 13 heavy (non-hydrogen) atoms. The molecule has 0 aromatic heterocycles. The highest BCUT2D eigenvalue weighted by atomic mass is 32.2. The average Bonchev–Trinajstić information content (AvgIpc) is 2.02. The Balaban J connectivity index is 4.30. The topological polar surface area (TPSA) is 81.7 Å². The maximum absolute atomic E-state index is 11.3. The van der Waals surface area contributed by atoms with Crippen molar-refractivity contribution in [2.45, 2.75) is 13.8 Å². The zero-order valence-electron chi connectivity index (χ0n) is 7.69. The van der Waals surface area contributed by atoms with Crippen molar-refractivity contribution in [1.29, 1.82) is 10.5 Å². The smallest absolute Gasteiger partial charge is 0.152 e. The third-order valence-electron chi connectivity index (χ3n) is 1.45. The average molecular weight is 200 g/mol. The molecule has 5 heteroatoms. The van der Waals surface area contributed by atoms with Crippen LogP contribution in [0.2, 0.25) is 0 Å². The lowest BCUT2D eigenvalue weighted by atomic mass is 10.2. The Hall–Kier alpha value is -1.07. The van der Waals surface area contributed by atoms with Gasteiger partial charge < -0.3 is 0 Å². The van der Waals surface area contributed by atoms with E-state index in [1.165, 1.54) is 0 Å². The Labute approximate surface area is 78.7 Å². The summed E-state index contributed by atoms with van der Waals surface area (Å²) in [5.74, 6) is -1.32. The van der Waals surface area contributed by atoms with E-state index in [0.29, 0.717) is 0 Å². The molecule has 4 nitrogen and oxygen atoms in total. The van der Waals surface area contributed by atoms with Crippen LogP contribution in [0.5, 0.6) is 0 Å². The summed E-state index contributed by atoms with van der Waals surface area (Å²) in [4.78, 5) is 0. The lowest BCUT2D eigenvalue weighted by Gasteiger charge is -2.05. The first-order valence-corrected chi connectivity index (χ1v) is 5.73. The van der Waals surface area contributed by atoms with E-state index < -0.39 is 21.7 Å². The van der Waals surface area contributed by atoms with Crippen LogP contribution >= 0.6 is 0 Å². The van der Waals surface area contributed by atoms with Crippen molar-refractivity contribution in [2.24, 2.45) is 11.8 Å². The minimum absolute atomic E-state index is 0.157. The van der Waals surface area contributed by atoms with E-state index in [-0.39, 0.29) is 11.5 Å². The van der Waals surface area contributed by atoms with Crippen LogP contribution in [0.4, 0.5) is 0 Å². The van der Waals surface area contributed by atoms with Crippen molar-refractivity contribution < 1.29 is 8.42 Å². The van der Waals surface area contributed by atoms with Crippen LogP contribution in [-0.2, 0) is 9.84 Å². The van der Waals surface area contributed by atoms with Gasteiger partial charge in [0.25, 0.3) is 0 Å². The van der Waals surface area contributed by atoms with Crippen LogP contribution in [0.1, 0.15) is 13.8 Å². The van der Waals surface area contributed by atoms with Crippen LogP contribution in [0, 0.1) is 34.5 Å². The van der Waals surface area contributed by atoms with Crippen LogP contribution in [0.3, 0.4) is 0 Å². The SMILES string of the molecule is CC(C#N)CS(=O)(=O)CC(C)C#N. The Morgan fingerprint density at radius 3 is 1.62 bits per heavy atom. The van der Waals surface area contributed by atoms with Crippen molar-refractivity contribution in [2.75, 3.05) is 11.5 Å². The summed E-state index contributed by atoms with van der Waals surface area (Å²) in [6.07, 6.45) is 0. The van der Waals surface area contributed by atoms with Gasteiger partial charge in [-0.05, 0) is 13.8 Å². The van der Waals surface area contributed by atoms with E-state index in [2.05, 4.69) is 0 Å². The molecule has 0 aliphatic rings. The van der Waals surface area contributed by atoms with Gasteiger partial charge in [-0.3, -0.25) is 0 Å². The molecule has 0 rings (SSSR count). The maximum Gasteiger partial charge on any atom is 0.152 e. The van der Waals surface area contributed by atoms with E-state index in [1.807, 2.05) is 12.1 Å². The molecule has 0 spiro atoms. The number of sulfone groups is 1. The summed E-state index contributed by atoms with van der Waals surface area (Å²) >= 11 is 0. The molecule has 0 amide bonds. The zero-order chi connectivity index (χ0) is 10.5. The van der Waals surface area contributed by atoms with Gasteiger partial charge in [-0.1, -0.05) is 0 Å². The second kappa shape index (κ2) is 4.84. The molecule has 0 aliphatic heterocycles. The molecule has 0 aliphatic carbocycles. The predicted octanol–water partition coefficient (Wildman–Crippen LogP) is 0.721. The van der Waals surface area contributed by atoms with Gasteiger partial charge in [-0.25, -0.2) is 8.42 Å². The van der Waals surface area contributed by atoms with Gasteiger partial charge in [0.2, 0.25) is 0 Å². The van der Waals surface area contributed by atoms with E-state index >= 15 is 0 Å². The molecule has 0 aromatic rings. The van der Waals surface area contributed by atoms with Gasteiger partial charge in [0.05, 0.1) is 35.5 Å². The molecule has 72 valence electrons. The normalized spacial score (nSPS) is 15.4. The summed E-state index contributed by atoms with van der Waals surface area (Å²) in [6, 6.07) is 3.70. The molecular formula is C8H12N2O2S. The fraction of sp³-hybridized carbons (Fsp3) is 0.750. The third kappa shape index (κ3) is 5.21. The van der Waals surface area contributed by atoms with E-state index in [1.54, 1.807) is 13.8 Å². The lowest BCUT2D eigenvalue weighted by Crippen LogP contribution is -2.19. The molecule has 0 bridgehead atoms. The highest BCUT2D eigenvalue weighted by Gasteiger charge is 2.18. The maximum atomic E-state index is 11.3. The van der Waals surface area contributed by atoms with Gasteiger partial charge in [0, 0.05) is 0 Å². The lowest BCUT2D eigenvalue weighted by molar-refractivity contribution is 0.582. The van der Waals surface area contributed by atoms with Gasteiger partial charge >= 0.3 is 0 Å². The Bertz CT molecular complexity index is 306. The molecule has 2 unspecified atom stereocenters. The second-order valence-electron chi connectivity index (χ2n) is 3.14. The number of hydrogen-bond donors (Lipinski definition) is 0. The van der Waals surface area contributed by atoms with Crippen LogP contribution in [0.25, 0.3) is 0 Å². The first-order chi connectivity index (χ1) is 5.91. The first kappa shape index (κ1) is 11.9. The van der Waals surface area contributed by atoms with Crippen molar-refractivity contribution in [3.05, 3.63) is 0 Å². The minimum Gasteiger partial charge on any atom is -0.229 e. The first-order valence-electron chi connectivity index (χ1n) is 3.91. The Morgan fingerprint density at radius 2 is 1.38 bits per heavy atom. The highest BCUT2D eigenvalue weighted by molar-refractivity contribution is 7.91. The second-order valence-corrected chi connectivity index (χ2v) is 5.29. The van der Waals surface area contributed by atoms with E-state index in [0.717, 1.165) is 0 Å². The zero-order valence-corrected chi connectivity index (χ0v) is 8.50. The van der Waals surface area contributed by atoms with Gasteiger partial charge in [0.15, 0.2) is 9.84 Å². The fourth-order valence-electron chi connectivity index (χ4n) is 0.904. The Kier molecular flexibility index (Phi) is 4.44.